The normalized spacial score (nSPS) is 17.0. The Hall–Kier alpha value is -3.32. The standard InChI is InChI=1S/C30H40N2O5/c1-5-7-17-31(18-8-6-2)19-10-20-32-27(23-11-9-12-25(21-23)37-4)26(29(34)30(32)35)28(33)22-13-15-24(36-3)16-14-22/h9,11-16,21,27,33H,5-8,10,17-20H2,1-4H3/t27-/m0/s1. The number of Topliss-reactive ketones (excluding diaryl/α,β-unsaturated/α-hetero) is 1. The van der Waals surface area contributed by atoms with E-state index in [-0.39, 0.29) is 11.3 Å². The Morgan fingerprint density at radius 2 is 1.51 bits per heavy atom. The molecule has 200 valence electrons. The Morgan fingerprint density at radius 3 is 2.11 bits per heavy atom. The number of aliphatic hydroxyl groups is 1. The van der Waals surface area contributed by atoms with E-state index in [0.29, 0.717) is 23.6 Å². The second-order valence-corrected chi connectivity index (χ2v) is 9.40. The number of hydrogen-bond acceptors (Lipinski definition) is 6. The highest BCUT2D eigenvalue weighted by molar-refractivity contribution is 6.46. The SMILES string of the molecule is CCCCN(CCCC)CCCN1C(=O)C(=O)C(=C(O)c2ccc(OC)cc2)[C@@H]1c1cccc(OC)c1. The van der Waals surface area contributed by atoms with E-state index in [9.17, 15) is 14.7 Å². The van der Waals surface area contributed by atoms with Gasteiger partial charge >= 0.3 is 0 Å². The number of rotatable bonds is 14. The molecule has 0 spiro atoms. The fraction of sp³-hybridized carbons (Fsp3) is 0.467. The number of ketones is 1. The van der Waals surface area contributed by atoms with Gasteiger partial charge in [0.1, 0.15) is 17.3 Å². The molecule has 1 atom stereocenters. The van der Waals surface area contributed by atoms with Gasteiger partial charge < -0.3 is 24.4 Å². The van der Waals surface area contributed by atoms with Gasteiger partial charge in [-0.05, 0) is 80.9 Å². The lowest BCUT2D eigenvalue weighted by molar-refractivity contribution is -0.140. The molecule has 0 aromatic heterocycles. The molecule has 7 nitrogen and oxygen atoms in total. The molecule has 0 saturated carbocycles. The van der Waals surface area contributed by atoms with Crippen molar-refractivity contribution in [1.29, 1.82) is 0 Å². The molecule has 3 rings (SSSR count). The average molecular weight is 509 g/mol. The molecule has 0 unspecified atom stereocenters. The summed E-state index contributed by atoms with van der Waals surface area (Å²) in [5, 5.41) is 11.3. The predicted octanol–water partition coefficient (Wildman–Crippen LogP) is 5.42. The van der Waals surface area contributed by atoms with Crippen LogP contribution in [0.25, 0.3) is 5.76 Å². The van der Waals surface area contributed by atoms with Crippen LogP contribution in [0, 0.1) is 0 Å². The molecule has 0 bridgehead atoms. The first-order chi connectivity index (χ1) is 17.9. The monoisotopic (exact) mass is 508 g/mol. The van der Waals surface area contributed by atoms with Crippen molar-refractivity contribution in [3.8, 4) is 11.5 Å². The van der Waals surface area contributed by atoms with Crippen molar-refractivity contribution in [1.82, 2.24) is 9.80 Å². The minimum atomic E-state index is -0.697. The van der Waals surface area contributed by atoms with Gasteiger partial charge in [0.15, 0.2) is 0 Å². The summed E-state index contributed by atoms with van der Waals surface area (Å²) in [6, 6.07) is 13.4. The molecule has 0 aliphatic carbocycles. The fourth-order valence-corrected chi connectivity index (χ4v) is 4.74. The van der Waals surface area contributed by atoms with Crippen molar-refractivity contribution in [2.24, 2.45) is 0 Å². The van der Waals surface area contributed by atoms with Crippen LogP contribution < -0.4 is 9.47 Å². The van der Waals surface area contributed by atoms with Crippen molar-refractivity contribution in [3.05, 3.63) is 65.2 Å². The largest absolute Gasteiger partial charge is 0.507 e. The van der Waals surface area contributed by atoms with Crippen LogP contribution in [0.1, 0.15) is 63.1 Å². The van der Waals surface area contributed by atoms with Gasteiger partial charge in [-0.1, -0.05) is 38.8 Å². The Morgan fingerprint density at radius 1 is 0.892 bits per heavy atom. The number of carbonyl (C=O) groups is 2. The second kappa shape index (κ2) is 13.8. The second-order valence-electron chi connectivity index (χ2n) is 9.40. The Kier molecular flexibility index (Phi) is 10.6. The lowest BCUT2D eigenvalue weighted by Gasteiger charge is -2.27. The lowest BCUT2D eigenvalue weighted by Crippen LogP contribution is -2.34. The summed E-state index contributed by atoms with van der Waals surface area (Å²) in [6.07, 6.45) is 5.29. The molecule has 2 aromatic carbocycles. The van der Waals surface area contributed by atoms with Gasteiger partial charge in [0, 0.05) is 12.1 Å². The number of amides is 1. The first-order valence-electron chi connectivity index (χ1n) is 13.2. The summed E-state index contributed by atoms with van der Waals surface area (Å²) in [5.41, 5.74) is 1.27. The molecule has 1 heterocycles. The highest BCUT2D eigenvalue weighted by Crippen LogP contribution is 2.40. The maximum absolute atomic E-state index is 13.3. The smallest absolute Gasteiger partial charge is 0.295 e. The van der Waals surface area contributed by atoms with E-state index < -0.39 is 17.7 Å². The Labute approximate surface area is 220 Å². The van der Waals surface area contributed by atoms with Gasteiger partial charge in [0.2, 0.25) is 0 Å². The number of carbonyl (C=O) groups excluding carboxylic acids is 2. The quantitative estimate of drug-likeness (QED) is 0.209. The minimum absolute atomic E-state index is 0.0947. The molecule has 1 saturated heterocycles. The highest BCUT2D eigenvalue weighted by atomic mass is 16.5. The van der Waals surface area contributed by atoms with Gasteiger partial charge in [-0.2, -0.15) is 0 Å². The van der Waals surface area contributed by atoms with Gasteiger partial charge in [-0.15, -0.1) is 0 Å². The van der Waals surface area contributed by atoms with Crippen molar-refractivity contribution in [2.45, 2.75) is 52.0 Å². The molecule has 1 fully saturated rings. The fourth-order valence-electron chi connectivity index (χ4n) is 4.74. The van der Waals surface area contributed by atoms with Gasteiger partial charge in [0.25, 0.3) is 11.7 Å². The number of benzene rings is 2. The average Bonchev–Trinajstić information content (AvgIpc) is 3.18. The zero-order valence-corrected chi connectivity index (χ0v) is 22.5. The number of aliphatic hydroxyl groups excluding tert-OH is 1. The lowest BCUT2D eigenvalue weighted by atomic mass is 9.95. The molecule has 1 aliphatic heterocycles. The van der Waals surface area contributed by atoms with E-state index in [2.05, 4.69) is 18.7 Å². The van der Waals surface area contributed by atoms with Crippen LogP contribution in [0.2, 0.25) is 0 Å². The topological polar surface area (TPSA) is 79.3 Å². The highest BCUT2D eigenvalue weighted by Gasteiger charge is 2.45. The number of methoxy groups -OCH3 is 2. The van der Waals surface area contributed by atoms with Crippen molar-refractivity contribution in [2.75, 3.05) is 40.4 Å². The van der Waals surface area contributed by atoms with Gasteiger partial charge in [0.05, 0.1) is 25.8 Å². The molecule has 37 heavy (non-hydrogen) atoms. The summed E-state index contributed by atoms with van der Waals surface area (Å²) >= 11 is 0. The van der Waals surface area contributed by atoms with Crippen molar-refractivity contribution in [3.63, 3.8) is 0 Å². The van der Waals surface area contributed by atoms with Crippen molar-refractivity contribution < 1.29 is 24.2 Å². The third kappa shape index (κ3) is 6.92. The van der Waals surface area contributed by atoms with Gasteiger partial charge in [-0.25, -0.2) is 0 Å². The summed E-state index contributed by atoms with van der Waals surface area (Å²) in [4.78, 5) is 30.6. The Bertz CT molecular complexity index is 1070. The zero-order chi connectivity index (χ0) is 26.8. The van der Waals surface area contributed by atoms with Crippen LogP contribution in [-0.2, 0) is 9.59 Å². The molecule has 0 radical (unpaired) electrons. The van der Waals surface area contributed by atoms with Crippen LogP contribution in [0.5, 0.6) is 11.5 Å². The predicted molar refractivity (Wildman–Crippen MR) is 146 cm³/mol. The number of likely N-dealkylation sites (tertiary alicyclic amines) is 1. The van der Waals surface area contributed by atoms with Gasteiger partial charge in [-0.3, -0.25) is 9.59 Å². The summed E-state index contributed by atoms with van der Waals surface area (Å²) in [5.74, 6) is -0.190. The van der Waals surface area contributed by atoms with E-state index in [4.69, 9.17) is 9.47 Å². The first kappa shape index (κ1) is 28.3. The minimum Gasteiger partial charge on any atom is -0.507 e. The summed E-state index contributed by atoms with van der Waals surface area (Å²) in [7, 11) is 3.14. The number of unbranched alkanes of at least 4 members (excludes halogenated alkanes) is 2. The van der Waals surface area contributed by atoms with E-state index in [1.807, 2.05) is 24.3 Å². The van der Waals surface area contributed by atoms with E-state index in [1.54, 1.807) is 43.4 Å². The molecule has 2 aromatic rings. The third-order valence-electron chi connectivity index (χ3n) is 6.84. The zero-order valence-electron chi connectivity index (χ0n) is 22.5. The number of hydrogen-bond donors (Lipinski definition) is 1. The Balaban J connectivity index is 1.94. The van der Waals surface area contributed by atoms with E-state index in [0.717, 1.165) is 57.3 Å². The van der Waals surface area contributed by atoms with Crippen LogP contribution >= 0.6 is 0 Å². The third-order valence-corrected chi connectivity index (χ3v) is 6.84. The van der Waals surface area contributed by atoms with Crippen LogP contribution in [-0.4, -0.2) is 67.0 Å². The molecular formula is C30H40N2O5. The molecule has 1 N–H and O–H groups in total. The van der Waals surface area contributed by atoms with Crippen LogP contribution in [0.15, 0.2) is 54.1 Å². The molecule has 1 aliphatic rings. The van der Waals surface area contributed by atoms with E-state index >= 15 is 0 Å². The summed E-state index contributed by atoms with van der Waals surface area (Å²) in [6.45, 7) is 7.72. The molecule has 7 heteroatoms. The molecular weight excluding hydrogens is 468 g/mol. The maximum atomic E-state index is 13.3. The molecule has 1 amide bonds. The van der Waals surface area contributed by atoms with Crippen LogP contribution in [0.4, 0.5) is 0 Å². The van der Waals surface area contributed by atoms with Crippen LogP contribution in [0.3, 0.4) is 0 Å². The van der Waals surface area contributed by atoms with E-state index in [1.165, 1.54) is 0 Å². The number of nitrogens with zero attached hydrogens (tertiary/aromatic N) is 2. The van der Waals surface area contributed by atoms with Crippen molar-refractivity contribution >= 4 is 17.4 Å². The summed E-state index contributed by atoms with van der Waals surface area (Å²) < 4.78 is 10.6. The maximum Gasteiger partial charge on any atom is 0.295 e. The number of ether oxygens (including phenoxy) is 2. The first-order valence-corrected chi connectivity index (χ1v) is 13.2.